The molecule has 1 aromatic carbocycles. The Kier molecular flexibility index (Phi) is 3.15. The maximum Gasteiger partial charge on any atom is 0.119 e. The second-order valence-electron chi connectivity index (χ2n) is 3.91. The van der Waals surface area contributed by atoms with Gasteiger partial charge < -0.3 is 4.74 Å². The van der Waals surface area contributed by atoms with Crippen LogP contribution in [0.2, 0.25) is 0 Å². The van der Waals surface area contributed by atoms with Gasteiger partial charge in [-0.05, 0) is 59.5 Å². The zero-order chi connectivity index (χ0) is 10.8. The van der Waals surface area contributed by atoms with E-state index in [1.54, 1.807) is 7.11 Å². The summed E-state index contributed by atoms with van der Waals surface area (Å²) < 4.78 is 6.59. The maximum atomic E-state index is 5.26. The molecule has 0 atom stereocenters. The molecule has 0 aliphatic heterocycles. The third-order valence-corrected chi connectivity index (χ3v) is 3.96. The number of hydrogen-bond acceptors (Lipinski definition) is 1. The van der Waals surface area contributed by atoms with Crippen LogP contribution in [0.5, 0.6) is 5.75 Å². The maximum absolute atomic E-state index is 5.26. The second-order valence-corrected chi connectivity index (χ2v) is 4.86. The predicted molar refractivity (Wildman–Crippen MR) is 67.5 cm³/mol. The van der Waals surface area contributed by atoms with Crippen LogP contribution >= 0.6 is 15.9 Å². The average molecular weight is 267 g/mol. The average Bonchev–Trinajstić information content (AvgIpc) is 2.40. The minimum atomic E-state index is 0.958. The third-order valence-electron chi connectivity index (χ3n) is 2.97. The van der Waals surface area contributed by atoms with Crippen molar-refractivity contribution in [1.82, 2.24) is 0 Å². The van der Waals surface area contributed by atoms with Crippen LogP contribution in [0.3, 0.4) is 0 Å². The van der Waals surface area contributed by atoms with Gasteiger partial charge in [0.25, 0.3) is 0 Å². The van der Waals surface area contributed by atoms with Gasteiger partial charge in [0.2, 0.25) is 0 Å². The molecule has 0 heterocycles. The van der Waals surface area contributed by atoms with Crippen LogP contribution < -0.4 is 4.74 Å². The fourth-order valence-corrected chi connectivity index (χ4v) is 2.53. The van der Waals surface area contributed by atoms with Gasteiger partial charge in [0, 0.05) is 0 Å². The lowest BCUT2D eigenvalue weighted by Crippen LogP contribution is -1.92. The number of benzene rings is 1. The molecule has 0 unspecified atom stereocenters. The summed E-state index contributed by atoms with van der Waals surface area (Å²) in [7, 11) is 1.72. The Hall–Kier alpha value is -0.760. The summed E-state index contributed by atoms with van der Waals surface area (Å²) in [5.41, 5.74) is 4.13. The van der Waals surface area contributed by atoms with E-state index in [1.165, 1.54) is 27.6 Å². The van der Waals surface area contributed by atoms with Gasteiger partial charge in [0.1, 0.15) is 5.75 Å². The Balaban J connectivity index is 2.51. The number of rotatable bonds is 1. The molecule has 1 aliphatic rings. The molecule has 0 saturated carbocycles. The molecule has 2 heteroatoms. The number of halogens is 1. The van der Waals surface area contributed by atoms with Crippen molar-refractivity contribution in [1.29, 1.82) is 0 Å². The molecule has 0 fully saturated rings. The van der Waals surface area contributed by atoms with Gasteiger partial charge in [0.05, 0.1) is 7.11 Å². The summed E-state index contributed by atoms with van der Waals surface area (Å²) in [4.78, 5) is 0. The van der Waals surface area contributed by atoms with Crippen LogP contribution in [0.15, 0.2) is 22.7 Å². The monoisotopic (exact) mass is 266 g/mol. The standard InChI is InChI=1S/C13H15BrO/c1-9-12-7-6-11(15-2)8-10(12)4-3-5-13(9)14/h6-8H,3-5H2,1-2H3. The van der Waals surface area contributed by atoms with E-state index in [9.17, 15) is 0 Å². The molecule has 1 aliphatic carbocycles. The molecule has 0 aromatic heterocycles. The molecule has 2 rings (SSSR count). The van der Waals surface area contributed by atoms with Crippen molar-refractivity contribution in [3.8, 4) is 5.75 Å². The van der Waals surface area contributed by atoms with Crippen LogP contribution in [0.25, 0.3) is 5.57 Å². The fraction of sp³-hybridized carbons (Fsp3) is 0.385. The highest BCUT2D eigenvalue weighted by Crippen LogP contribution is 2.34. The molecule has 0 spiro atoms. The first kappa shape index (κ1) is 10.7. The Morgan fingerprint density at radius 1 is 1.27 bits per heavy atom. The molecular formula is C13H15BrO. The molecule has 80 valence electrons. The highest BCUT2D eigenvalue weighted by atomic mass is 79.9. The van der Waals surface area contributed by atoms with Gasteiger partial charge in [0.15, 0.2) is 0 Å². The van der Waals surface area contributed by atoms with E-state index < -0.39 is 0 Å². The molecule has 1 aromatic rings. The number of aryl methyl sites for hydroxylation is 1. The van der Waals surface area contributed by atoms with Crippen LogP contribution in [-0.4, -0.2) is 7.11 Å². The fourth-order valence-electron chi connectivity index (χ4n) is 2.04. The van der Waals surface area contributed by atoms with E-state index in [2.05, 4.69) is 35.0 Å². The summed E-state index contributed by atoms with van der Waals surface area (Å²) in [6.45, 7) is 2.18. The number of fused-ring (bicyclic) bond motifs is 1. The number of hydrogen-bond donors (Lipinski definition) is 0. The van der Waals surface area contributed by atoms with E-state index in [0.717, 1.165) is 18.6 Å². The summed E-state index contributed by atoms with van der Waals surface area (Å²) in [5, 5.41) is 0. The lowest BCUT2D eigenvalue weighted by molar-refractivity contribution is 0.414. The first-order valence-electron chi connectivity index (χ1n) is 5.25. The van der Waals surface area contributed by atoms with Gasteiger partial charge in [-0.15, -0.1) is 0 Å². The highest BCUT2D eigenvalue weighted by molar-refractivity contribution is 9.11. The van der Waals surface area contributed by atoms with Crippen molar-refractivity contribution in [2.24, 2.45) is 0 Å². The SMILES string of the molecule is COc1ccc2c(c1)CCCC(Br)=C2C. The highest BCUT2D eigenvalue weighted by Gasteiger charge is 2.13. The van der Waals surface area contributed by atoms with Crippen molar-refractivity contribution >= 4 is 21.5 Å². The normalized spacial score (nSPS) is 15.9. The lowest BCUT2D eigenvalue weighted by Gasteiger charge is -2.09. The van der Waals surface area contributed by atoms with E-state index in [4.69, 9.17) is 4.74 Å². The second kappa shape index (κ2) is 4.40. The summed E-state index contributed by atoms with van der Waals surface area (Å²) >= 11 is 3.66. The molecule has 0 bridgehead atoms. The quantitative estimate of drug-likeness (QED) is 0.742. The van der Waals surface area contributed by atoms with Gasteiger partial charge in [-0.1, -0.05) is 22.0 Å². The van der Waals surface area contributed by atoms with Gasteiger partial charge >= 0.3 is 0 Å². The molecular weight excluding hydrogens is 252 g/mol. The van der Waals surface area contributed by atoms with Gasteiger partial charge in [-0.3, -0.25) is 0 Å². The molecule has 0 radical (unpaired) electrons. The molecule has 1 nitrogen and oxygen atoms in total. The minimum Gasteiger partial charge on any atom is -0.497 e. The Bertz CT molecular complexity index is 407. The van der Waals surface area contributed by atoms with E-state index in [0.29, 0.717) is 0 Å². The lowest BCUT2D eigenvalue weighted by atomic mass is 10.00. The largest absolute Gasteiger partial charge is 0.497 e. The summed E-state index contributed by atoms with van der Waals surface area (Å²) in [6.07, 6.45) is 3.49. The number of allylic oxidation sites excluding steroid dienone is 2. The van der Waals surface area contributed by atoms with Crippen molar-refractivity contribution in [2.45, 2.75) is 26.2 Å². The molecule has 0 N–H and O–H groups in total. The van der Waals surface area contributed by atoms with Crippen molar-refractivity contribution in [2.75, 3.05) is 7.11 Å². The van der Waals surface area contributed by atoms with Crippen LogP contribution in [0.1, 0.15) is 30.9 Å². The Morgan fingerprint density at radius 3 is 2.80 bits per heavy atom. The van der Waals surface area contributed by atoms with Crippen LogP contribution in [0, 0.1) is 0 Å². The first-order chi connectivity index (χ1) is 7.22. The zero-order valence-electron chi connectivity index (χ0n) is 9.14. The molecule has 0 amide bonds. The van der Waals surface area contributed by atoms with E-state index in [-0.39, 0.29) is 0 Å². The molecule has 0 saturated heterocycles. The zero-order valence-corrected chi connectivity index (χ0v) is 10.7. The van der Waals surface area contributed by atoms with Crippen molar-refractivity contribution in [3.05, 3.63) is 33.8 Å². The predicted octanol–water partition coefficient (Wildman–Crippen LogP) is 4.16. The van der Waals surface area contributed by atoms with E-state index in [1.807, 2.05) is 6.07 Å². The topological polar surface area (TPSA) is 9.23 Å². The van der Waals surface area contributed by atoms with Crippen LogP contribution in [-0.2, 0) is 6.42 Å². The smallest absolute Gasteiger partial charge is 0.119 e. The van der Waals surface area contributed by atoms with Crippen molar-refractivity contribution in [3.63, 3.8) is 0 Å². The minimum absolute atomic E-state index is 0.958. The van der Waals surface area contributed by atoms with Crippen LogP contribution in [0.4, 0.5) is 0 Å². The Morgan fingerprint density at radius 2 is 2.07 bits per heavy atom. The molecule has 15 heavy (non-hydrogen) atoms. The van der Waals surface area contributed by atoms with Gasteiger partial charge in [-0.25, -0.2) is 0 Å². The van der Waals surface area contributed by atoms with E-state index >= 15 is 0 Å². The first-order valence-corrected chi connectivity index (χ1v) is 6.04. The van der Waals surface area contributed by atoms with Crippen molar-refractivity contribution < 1.29 is 4.74 Å². The van der Waals surface area contributed by atoms with Gasteiger partial charge in [-0.2, -0.15) is 0 Å². The number of methoxy groups -OCH3 is 1. The summed E-state index contributed by atoms with van der Waals surface area (Å²) in [5.74, 6) is 0.958. The summed E-state index contributed by atoms with van der Waals surface area (Å²) in [6, 6.07) is 6.36. The Labute approximate surface area is 99.3 Å². The third kappa shape index (κ3) is 2.10. The number of ether oxygens (including phenoxy) is 1.